The number of Topliss-reactive ketones (excluding diaryl/α,β-unsaturated/α-hetero) is 1. The third-order valence-electron chi connectivity index (χ3n) is 4.65. The molecule has 23 heavy (non-hydrogen) atoms. The van der Waals surface area contributed by atoms with Gasteiger partial charge in [0.25, 0.3) is 0 Å². The summed E-state index contributed by atoms with van der Waals surface area (Å²) >= 11 is 0. The number of carbonyl (C=O) groups excluding carboxylic acids is 2. The predicted molar refractivity (Wildman–Crippen MR) is 88.1 cm³/mol. The van der Waals surface area contributed by atoms with E-state index in [-0.39, 0.29) is 23.2 Å². The molecule has 1 aliphatic rings. The van der Waals surface area contributed by atoms with Crippen LogP contribution in [-0.2, 0) is 4.79 Å². The summed E-state index contributed by atoms with van der Waals surface area (Å²) < 4.78 is 0. The lowest BCUT2D eigenvalue weighted by atomic mass is 9.82. The lowest BCUT2D eigenvalue weighted by Crippen LogP contribution is -2.46. The van der Waals surface area contributed by atoms with Crippen molar-refractivity contribution in [3.05, 3.63) is 34.2 Å². The number of pyridine rings is 1. The Morgan fingerprint density at radius 3 is 2.57 bits per heavy atom. The van der Waals surface area contributed by atoms with E-state index in [1.165, 1.54) is 12.3 Å². The molecule has 0 radical (unpaired) electrons. The highest BCUT2D eigenvalue weighted by Gasteiger charge is 2.28. The Kier molecular flexibility index (Phi) is 5.71. The molecule has 2 heterocycles. The quantitative estimate of drug-likeness (QED) is 0.796. The molecule has 2 rings (SSSR count). The van der Waals surface area contributed by atoms with Crippen molar-refractivity contribution in [2.75, 3.05) is 13.1 Å². The van der Waals surface area contributed by atoms with Crippen LogP contribution in [0.5, 0.6) is 0 Å². The van der Waals surface area contributed by atoms with Crippen LogP contribution in [0.4, 0.5) is 0 Å². The van der Waals surface area contributed by atoms with Gasteiger partial charge in [0, 0.05) is 37.3 Å². The number of amides is 1. The van der Waals surface area contributed by atoms with Gasteiger partial charge in [0.05, 0.1) is 6.04 Å². The zero-order valence-electron chi connectivity index (χ0n) is 13.7. The molecule has 1 unspecified atom stereocenters. The highest BCUT2D eigenvalue weighted by atomic mass is 16.2. The number of aromatic amines is 1. The zero-order chi connectivity index (χ0) is 17.0. The van der Waals surface area contributed by atoms with Gasteiger partial charge in [-0.2, -0.15) is 0 Å². The van der Waals surface area contributed by atoms with Gasteiger partial charge in [0.2, 0.25) is 11.5 Å². The Morgan fingerprint density at radius 1 is 1.35 bits per heavy atom. The maximum atomic E-state index is 12.3. The first-order chi connectivity index (χ1) is 10.9. The number of rotatable bonds is 5. The molecular formula is C17H25N3O3. The standard InChI is InChI=1S/C17H25N3O3/c1-11(9-15(21)14-3-6-19-16(22)10-14)13-4-7-20(8-5-13)17(23)12(2)18/h3,6,10-13H,4-5,7-9,18H2,1-2H3,(H,19,22)/t11?,12-/m0/s1. The summed E-state index contributed by atoms with van der Waals surface area (Å²) in [5.74, 6) is 0.640. The topological polar surface area (TPSA) is 96.3 Å². The molecule has 1 amide bonds. The number of nitrogens with two attached hydrogens (primary N) is 1. The van der Waals surface area contributed by atoms with Crippen LogP contribution in [0.25, 0.3) is 0 Å². The Hall–Kier alpha value is -1.95. The number of nitrogens with one attached hydrogen (secondary N) is 1. The van der Waals surface area contributed by atoms with E-state index in [1.54, 1.807) is 13.0 Å². The van der Waals surface area contributed by atoms with Gasteiger partial charge in [-0.25, -0.2) is 0 Å². The van der Waals surface area contributed by atoms with Crippen molar-refractivity contribution in [1.29, 1.82) is 0 Å². The lowest BCUT2D eigenvalue weighted by molar-refractivity contribution is -0.133. The van der Waals surface area contributed by atoms with Crippen LogP contribution < -0.4 is 11.3 Å². The van der Waals surface area contributed by atoms with E-state index in [0.29, 0.717) is 31.0 Å². The molecule has 3 N–H and O–H groups in total. The highest BCUT2D eigenvalue weighted by molar-refractivity contribution is 5.96. The number of nitrogens with zero attached hydrogens (tertiary/aromatic N) is 1. The molecule has 0 spiro atoms. The molecule has 126 valence electrons. The molecule has 0 aromatic carbocycles. The molecule has 6 heteroatoms. The second-order valence-corrected chi connectivity index (χ2v) is 6.50. The van der Waals surface area contributed by atoms with Crippen molar-refractivity contribution in [3.63, 3.8) is 0 Å². The first kappa shape index (κ1) is 17.4. The first-order valence-corrected chi connectivity index (χ1v) is 8.14. The van der Waals surface area contributed by atoms with E-state index in [9.17, 15) is 14.4 Å². The minimum Gasteiger partial charge on any atom is -0.341 e. The fraction of sp³-hybridized carbons (Fsp3) is 0.588. The molecule has 6 nitrogen and oxygen atoms in total. The number of H-pyrrole nitrogens is 1. The maximum absolute atomic E-state index is 12.3. The molecule has 1 saturated heterocycles. The summed E-state index contributed by atoms with van der Waals surface area (Å²) in [7, 11) is 0. The molecule has 0 aliphatic carbocycles. The normalized spacial score (nSPS) is 18.5. The molecule has 0 bridgehead atoms. The lowest BCUT2D eigenvalue weighted by Gasteiger charge is -2.35. The van der Waals surface area contributed by atoms with Crippen molar-refractivity contribution in [2.24, 2.45) is 17.6 Å². The number of hydrogen-bond acceptors (Lipinski definition) is 4. The summed E-state index contributed by atoms with van der Waals surface area (Å²) in [6.07, 6.45) is 3.71. The monoisotopic (exact) mass is 319 g/mol. The van der Waals surface area contributed by atoms with Crippen LogP contribution in [0.2, 0.25) is 0 Å². The summed E-state index contributed by atoms with van der Waals surface area (Å²) in [4.78, 5) is 39.8. The second kappa shape index (κ2) is 7.55. The summed E-state index contributed by atoms with van der Waals surface area (Å²) in [6, 6.07) is 2.53. The Bertz CT molecular complexity index is 616. The van der Waals surface area contributed by atoms with E-state index in [1.807, 2.05) is 4.90 Å². The zero-order valence-corrected chi connectivity index (χ0v) is 13.7. The fourth-order valence-corrected chi connectivity index (χ4v) is 3.17. The minimum atomic E-state index is -0.457. The van der Waals surface area contributed by atoms with Gasteiger partial charge in [-0.05, 0) is 37.7 Å². The van der Waals surface area contributed by atoms with Crippen molar-refractivity contribution in [1.82, 2.24) is 9.88 Å². The molecule has 1 aliphatic heterocycles. The maximum Gasteiger partial charge on any atom is 0.248 e. The van der Waals surface area contributed by atoms with Crippen LogP contribution in [0.15, 0.2) is 23.1 Å². The first-order valence-electron chi connectivity index (χ1n) is 8.14. The number of ketones is 1. The van der Waals surface area contributed by atoms with Gasteiger partial charge >= 0.3 is 0 Å². The van der Waals surface area contributed by atoms with Crippen LogP contribution in [0.1, 0.15) is 43.5 Å². The van der Waals surface area contributed by atoms with Gasteiger partial charge in [-0.15, -0.1) is 0 Å². The average molecular weight is 319 g/mol. The second-order valence-electron chi connectivity index (χ2n) is 6.50. The molecule has 1 aromatic heterocycles. The van der Waals surface area contributed by atoms with Crippen LogP contribution >= 0.6 is 0 Å². The third kappa shape index (κ3) is 4.51. The van der Waals surface area contributed by atoms with E-state index in [2.05, 4.69) is 11.9 Å². The van der Waals surface area contributed by atoms with Gasteiger partial charge < -0.3 is 15.6 Å². The number of hydrogen-bond donors (Lipinski definition) is 2. The van der Waals surface area contributed by atoms with Crippen molar-refractivity contribution < 1.29 is 9.59 Å². The Balaban J connectivity index is 1.88. The fourth-order valence-electron chi connectivity index (χ4n) is 3.17. The SMILES string of the molecule is CC(CC(=O)c1cc[nH]c(=O)c1)C1CCN(C(=O)[C@H](C)N)CC1. The van der Waals surface area contributed by atoms with Gasteiger partial charge in [-0.3, -0.25) is 14.4 Å². The van der Waals surface area contributed by atoms with Crippen molar-refractivity contribution in [3.8, 4) is 0 Å². The van der Waals surface area contributed by atoms with Crippen molar-refractivity contribution in [2.45, 2.75) is 39.2 Å². The van der Waals surface area contributed by atoms with E-state index >= 15 is 0 Å². The molecule has 1 aromatic rings. The van der Waals surface area contributed by atoms with Crippen LogP contribution in [0, 0.1) is 11.8 Å². The summed E-state index contributed by atoms with van der Waals surface area (Å²) in [5.41, 5.74) is 5.84. The van der Waals surface area contributed by atoms with Gasteiger partial charge in [0.1, 0.15) is 0 Å². The van der Waals surface area contributed by atoms with E-state index in [4.69, 9.17) is 5.73 Å². The number of carbonyl (C=O) groups is 2. The highest BCUT2D eigenvalue weighted by Crippen LogP contribution is 2.28. The van der Waals surface area contributed by atoms with E-state index in [0.717, 1.165) is 12.8 Å². The number of aromatic nitrogens is 1. The van der Waals surface area contributed by atoms with Crippen molar-refractivity contribution >= 4 is 11.7 Å². The molecule has 1 fully saturated rings. The Labute approximate surface area is 136 Å². The van der Waals surface area contributed by atoms with Gasteiger partial charge in [-0.1, -0.05) is 6.92 Å². The number of likely N-dealkylation sites (tertiary alicyclic amines) is 1. The minimum absolute atomic E-state index is 0.00214. The Morgan fingerprint density at radius 2 is 2.00 bits per heavy atom. The summed E-state index contributed by atoms with van der Waals surface area (Å²) in [5, 5.41) is 0. The van der Waals surface area contributed by atoms with E-state index < -0.39 is 6.04 Å². The number of piperidine rings is 1. The molecule has 0 saturated carbocycles. The smallest absolute Gasteiger partial charge is 0.248 e. The largest absolute Gasteiger partial charge is 0.341 e. The van der Waals surface area contributed by atoms with Crippen LogP contribution in [0.3, 0.4) is 0 Å². The molecule has 2 atom stereocenters. The summed E-state index contributed by atoms with van der Waals surface area (Å²) in [6.45, 7) is 5.18. The van der Waals surface area contributed by atoms with Gasteiger partial charge in [0.15, 0.2) is 5.78 Å². The third-order valence-corrected chi connectivity index (χ3v) is 4.65. The average Bonchev–Trinajstić information content (AvgIpc) is 2.54. The van der Waals surface area contributed by atoms with Crippen LogP contribution in [-0.4, -0.2) is 40.7 Å². The molecular weight excluding hydrogens is 294 g/mol. The predicted octanol–water partition coefficient (Wildman–Crippen LogP) is 1.17.